The summed E-state index contributed by atoms with van der Waals surface area (Å²) in [6.45, 7) is 3.99. The van der Waals surface area contributed by atoms with Crippen LogP contribution in [0.2, 0.25) is 0 Å². The fraction of sp³-hybridized carbons (Fsp3) is 0.364. The Kier molecular flexibility index (Phi) is 7.87. The van der Waals surface area contributed by atoms with Gasteiger partial charge in [0.2, 0.25) is 5.91 Å². The number of aryl methyl sites for hydroxylation is 1. The molecule has 2 amide bonds. The number of likely N-dealkylation sites (N-methyl/N-ethyl adjacent to an activating group) is 1. The van der Waals surface area contributed by atoms with Crippen LogP contribution in [0.4, 0.5) is 0 Å². The van der Waals surface area contributed by atoms with E-state index in [1.165, 1.54) is 0 Å². The summed E-state index contributed by atoms with van der Waals surface area (Å²) in [5, 5.41) is 2.64. The Hall–Kier alpha value is -3.02. The van der Waals surface area contributed by atoms with Gasteiger partial charge in [0, 0.05) is 13.6 Å². The molecule has 2 aromatic carbocycles. The third-order valence-corrected chi connectivity index (χ3v) is 4.59. The summed E-state index contributed by atoms with van der Waals surface area (Å²) in [6.07, 6.45) is 0.506. The first-order valence-electron chi connectivity index (χ1n) is 9.32. The predicted octanol–water partition coefficient (Wildman–Crippen LogP) is 2.94. The molecule has 0 radical (unpaired) electrons. The average Bonchev–Trinajstić information content (AvgIpc) is 2.73. The molecule has 0 saturated carbocycles. The lowest BCUT2D eigenvalue weighted by molar-refractivity contribution is -0.142. The van der Waals surface area contributed by atoms with E-state index in [0.717, 1.165) is 16.9 Å². The van der Waals surface area contributed by atoms with Crippen molar-refractivity contribution in [2.45, 2.75) is 32.9 Å². The van der Waals surface area contributed by atoms with Crippen LogP contribution in [0, 0.1) is 6.92 Å². The Morgan fingerprint density at radius 2 is 1.79 bits per heavy atom. The highest BCUT2D eigenvalue weighted by atomic mass is 16.5. The zero-order chi connectivity index (χ0) is 20.5. The van der Waals surface area contributed by atoms with Crippen LogP contribution in [0.1, 0.15) is 24.5 Å². The van der Waals surface area contributed by atoms with E-state index in [-0.39, 0.29) is 18.4 Å². The number of ether oxygens (including phenoxy) is 2. The van der Waals surface area contributed by atoms with Crippen LogP contribution < -0.4 is 14.8 Å². The van der Waals surface area contributed by atoms with Crippen molar-refractivity contribution < 1.29 is 19.1 Å². The maximum absolute atomic E-state index is 13.0. The average molecular weight is 384 g/mol. The van der Waals surface area contributed by atoms with Crippen molar-refractivity contribution >= 4 is 11.8 Å². The number of carbonyl (C=O) groups is 2. The molecule has 0 aliphatic carbocycles. The van der Waals surface area contributed by atoms with Gasteiger partial charge < -0.3 is 19.7 Å². The third-order valence-electron chi connectivity index (χ3n) is 4.59. The van der Waals surface area contributed by atoms with E-state index in [4.69, 9.17) is 9.47 Å². The van der Waals surface area contributed by atoms with E-state index in [0.29, 0.717) is 18.7 Å². The van der Waals surface area contributed by atoms with Gasteiger partial charge in [-0.15, -0.1) is 0 Å². The molecule has 0 aromatic heterocycles. The van der Waals surface area contributed by atoms with Gasteiger partial charge in [0.1, 0.15) is 17.5 Å². The molecule has 0 fully saturated rings. The molecule has 2 rings (SSSR count). The van der Waals surface area contributed by atoms with Crippen molar-refractivity contribution in [2.24, 2.45) is 0 Å². The van der Waals surface area contributed by atoms with E-state index in [2.05, 4.69) is 5.32 Å². The zero-order valence-corrected chi connectivity index (χ0v) is 16.9. The van der Waals surface area contributed by atoms with Gasteiger partial charge in [-0.2, -0.15) is 0 Å². The Balaban J connectivity index is 2.19. The fourth-order valence-electron chi connectivity index (χ4n) is 2.95. The maximum Gasteiger partial charge on any atom is 0.261 e. The molecular formula is C22H28N2O4. The van der Waals surface area contributed by atoms with Crippen LogP contribution in [0.15, 0.2) is 48.5 Å². The van der Waals surface area contributed by atoms with Crippen LogP contribution in [0.3, 0.4) is 0 Å². The Morgan fingerprint density at radius 3 is 2.36 bits per heavy atom. The van der Waals surface area contributed by atoms with E-state index in [1.54, 1.807) is 19.1 Å². The molecule has 0 aliphatic rings. The number of nitrogens with one attached hydrogen (secondary N) is 1. The quantitative estimate of drug-likeness (QED) is 0.722. The molecule has 0 heterocycles. The lowest BCUT2D eigenvalue weighted by Crippen LogP contribution is -2.49. The van der Waals surface area contributed by atoms with Crippen molar-refractivity contribution in [2.75, 3.05) is 20.8 Å². The number of para-hydroxylation sites is 1. The van der Waals surface area contributed by atoms with Gasteiger partial charge in [-0.25, -0.2) is 0 Å². The molecule has 2 aromatic rings. The first-order chi connectivity index (χ1) is 13.5. The SMILES string of the molecule is CC[C@@H](C(=O)NC)N(Cc1ccc(OC)cc1)C(=O)COc1ccccc1C. The molecular weight excluding hydrogens is 356 g/mol. The normalized spacial score (nSPS) is 11.4. The standard InChI is InChI=1S/C22H28N2O4/c1-5-19(22(26)23-3)24(14-17-10-12-18(27-4)13-11-17)21(25)15-28-20-9-7-6-8-16(20)2/h6-13,19H,5,14-15H2,1-4H3,(H,23,26)/t19-/m0/s1. The number of methoxy groups -OCH3 is 1. The lowest BCUT2D eigenvalue weighted by Gasteiger charge is -2.30. The number of hydrogen-bond acceptors (Lipinski definition) is 4. The molecule has 1 atom stereocenters. The van der Waals surface area contributed by atoms with Crippen LogP contribution in [-0.4, -0.2) is 43.5 Å². The van der Waals surface area contributed by atoms with Gasteiger partial charge >= 0.3 is 0 Å². The minimum absolute atomic E-state index is 0.130. The molecule has 0 spiro atoms. The summed E-state index contributed by atoms with van der Waals surface area (Å²) in [4.78, 5) is 26.9. The predicted molar refractivity (Wildman–Crippen MR) is 108 cm³/mol. The second-order valence-corrected chi connectivity index (χ2v) is 6.46. The minimum atomic E-state index is -0.569. The lowest BCUT2D eigenvalue weighted by atomic mass is 10.1. The summed E-state index contributed by atoms with van der Waals surface area (Å²) in [5.41, 5.74) is 1.86. The molecule has 0 bridgehead atoms. The van der Waals surface area contributed by atoms with Crippen molar-refractivity contribution in [3.8, 4) is 11.5 Å². The second kappa shape index (κ2) is 10.3. The number of nitrogens with zero attached hydrogens (tertiary/aromatic N) is 1. The molecule has 0 aliphatic heterocycles. The summed E-state index contributed by atoms with van der Waals surface area (Å²) < 4.78 is 10.9. The molecule has 0 saturated heterocycles. The van der Waals surface area contributed by atoms with Crippen LogP contribution >= 0.6 is 0 Å². The fourth-order valence-corrected chi connectivity index (χ4v) is 2.95. The molecule has 28 heavy (non-hydrogen) atoms. The van der Waals surface area contributed by atoms with E-state index in [1.807, 2.05) is 62.4 Å². The first-order valence-corrected chi connectivity index (χ1v) is 9.32. The Morgan fingerprint density at radius 1 is 1.11 bits per heavy atom. The van der Waals surface area contributed by atoms with Crippen LogP contribution in [0.25, 0.3) is 0 Å². The maximum atomic E-state index is 13.0. The summed E-state index contributed by atoms with van der Waals surface area (Å²) in [5.74, 6) is 0.964. The van der Waals surface area contributed by atoms with Gasteiger partial charge in [-0.3, -0.25) is 9.59 Å². The second-order valence-electron chi connectivity index (χ2n) is 6.46. The number of amides is 2. The van der Waals surface area contributed by atoms with Gasteiger partial charge in [0.25, 0.3) is 5.91 Å². The number of carbonyl (C=O) groups excluding carboxylic acids is 2. The first kappa shape index (κ1) is 21.3. The molecule has 6 heteroatoms. The molecule has 6 nitrogen and oxygen atoms in total. The van der Waals surface area contributed by atoms with Crippen molar-refractivity contribution in [1.82, 2.24) is 10.2 Å². The van der Waals surface area contributed by atoms with Crippen molar-refractivity contribution in [1.29, 1.82) is 0 Å². The number of rotatable bonds is 9. The molecule has 150 valence electrons. The van der Waals surface area contributed by atoms with Gasteiger partial charge in [0.05, 0.1) is 7.11 Å². The van der Waals surface area contributed by atoms with Crippen molar-refractivity contribution in [3.05, 3.63) is 59.7 Å². The van der Waals surface area contributed by atoms with Crippen molar-refractivity contribution in [3.63, 3.8) is 0 Å². The largest absolute Gasteiger partial charge is 0.497 e. The Bertz CT molecular complexity index is 789. The van der Waals surface area contributed by atoms with Gasteiger partial charge in [-0.05, 0) is 42.7 Å². The summed E-state index contributed by atoms with van der Waals surface area (Å²) in [7, 11) is 3.18. The minimum Gasteiger partial charge on any atom is -0.497 e. The summed E-state index contributed by atoms with van der Waals surface area (Å²) in [6, 6.07) is 14.4. The van der Waals surface area contributed by atoms with Crippen LogP contribution in [-0.2, 0) is 16.1 Å². The number of benzene rings is 2. The monoisotopic (exact) mass is 384 g/mol. The van der Waals surface area contributed by atoms with Gasteiger partial charge in [0.15, 0.2) is 6.61 Å². The molecule has 1 N–H and O–H groups in total. The third kappa shape index (κ3) is 5.49. The Labute approximate surface area is 166 Å². The zero-order valence-electron chi connectivity index (χ0n) is 16.9. The van der Waals surface area contributed by atoms with Crippen LogP contribution in [0.5, 0.6) is 11.5 Å². The highest BCUT2D eigenvalue weighted by Crippen LogP contribution is 2.18. The van der Waals surface area contributed by atoms with Gasteiger partial charge in [-0.1, -0.05) is 37.3 Å². The van der Waals surface area contributed by atoms with E-state index < -0.39 is 6.04 Å². The van der Waals surface area contributed by atoms with E-state index >= 15 is 0 Å². The smallest absolute Gasteiger partial charge is 0.261 e. The number of hydrogen-bond donors (Lipinski definition) is 1. The van der Waals surface area contributed by atoms with E-state index in [9.17, 15) is 9.59 Å². The topological polar surface area (TPSA) is 67.9 Å². The molecule has 0 unspecified atom stereocenters. The highest BCUT2D eigenvalue weighted by molar-refractivity contribution is 5.88. The highest BCUT2D eigenvalue weighted by Gasteiger charge is 2.28. The summed E-state index contributed by atoms with van der Waals surface area (Å²) >= 11 is 0.